The molecular formula is C19H24N2O4S. The van der Waals surface area contributed by atoms with Gasteiger partial charge in [0, 0.05) is 13.0 Å². The lowest BCUT2D eigenvalue weighted by Gasteiger charge is -2.14. The maximum absolute atomic E-state index is 12.2. The molecule has 0 radical (unpaired) electrons. The number of nitrogens with one attached hydrogen (secondary N) is 2. The first kappa shape index (κ1) is 19.9. The van der Waals surface area contributed by atoms with Gasteiger partial charge >= 0.3 is 0 Å². The Labute approximate surface area is 154 Å². The van der Waals surface area contributed by atoms with Gasteiger partial charge in [-0.15, -0.1) is 0 Å². The smallest absolute Gasteiger partial charge is 0.240 e. The highest BCUT2D eigenvalue weighted by Crippen LogP contribution is 2.16. The van der Waals surface area contributed by atoms with Crippen LogP contribution in [0.2, 0.25) is 0 Å². The van der Waals surface area contributed by atoms with Crippen LogP contribution in [0.25, 0.3) is 0 Å². The van der Waals surface area contributed by atoms with Gasteiger partial charge < -0.3 is 10.1 Å². The highest BCUT2D eigenvalue weighted by atomic mass is 32.2. The van der Waals surface area contributed by atoms with Crippen molar-refractivity contribution >= 4 is 15.9 Å². The van der Waals surface area contributed by atoms with Crippen molar-refractivity contribution in [2.45, 2.75) is 31.2 Å². The summed E-state index contributed by atoms with van der Waals surface area (Å²) in [6.45, 7) is 4.29. The van der Waals surface area contributed by atoms with Crippen LogP contribution in [0.3, 0.4) is 0 Å². The summed E-state index contributed by atoms with van der Waals surface area (Å²) in [5.74, 6) is 0.400. The molecule has 0 aromatic heterocycles. The van der Waals surface area contributed by atoms with Crippen molar-refractivity contribution in [3.05, 3.63) is 60.2 Å². The Bertz CT molecular complexity index is 805. The van der Waals surface area contributed by atoms with Gasteiger partial charge in [-0.3, -0.25) is 4.79 Å². The van der Waals surface area contributed by atoms with Gasteiger partial charge in [-0.2, -0.15) is 0 Å². The van der Waals surface area contributed by atoms with E-state index >= 15 is 0 Å². The molecule has 0 spiro atoms. The molecule has 0 bridgehead atoms. The van der Waals surface area contributed by atoms with E-state index in [1.165, 1.54) is 12.1 Å². The van der Waals surface area contributed by atoms with Crippen molar-refractivity contribution in [1.29, 1.82) is 0 Å². The van der Waals surface area contributed by atoms with Gasteiger partial charge in [-0.25, -0.2) is 13.1 Å². The maximum Gasteiger partial charge on any atom is 0.240 e. The molecule has 1 atom stereocenters. The van der Waals surface area contributed by atoms with E-state index in [1.807, 2.05) is 44.2 Å². The van der Waals surface area contributed by atoms with Gasteiger partial charge in [0.05, 0.1) is 17.5 Å². The summed E-state index contributed by atoms with van der Waals surface area (Å²) < 4.78 is 32.2. The Balaban J connectivity index is 1.83. The molecule has 7 heteroatoms. The van der Waals surface area contributed by atoms with Gasteiger partial charge in [-0.05, 0) is 43.7 Å². The fourth-order valence-electron chi connectivity index (χ4n) is 2.40. The third-order valence-corrected chi connectivity index (χ3v) is 5.24. The Morgan fingerprint density at radius 1 is 1.08 bits per heavy atom. The Morgan fingerprint density at radius 3 is 2.35 bits per heavy atom. The van der Waals surface area contributed by atoms with Crippen molar-refractivity contribution in [1.82, 2.24) is 10.0 Å². The molecule has 0 aliphatic heterocycles. The van der Waals surface area contributed by atoms with Crippen LogP contribution in [-0.2, 0) is 14.8 Å². The number of carbonyl (C=O) groups excluding carboxylic acids is 1. The van der Waals surface area contributed by atoms with E-state index in [-0.39, 0.29) is 29.8 Å². The van der Waals surface area contributed by atoms with Gasteiger partial charge in [0.15, 0.2) is 0 Å². The fraction of sp³-hybridized carbons (Fsp3) is 0.316. The van der Waals surface area contributed by atoms with Crippen molar-refractivity contribution in [2.24, 2.45) is 0 Å². The van der Waals surface area contributed by atoms with Crippen LogP contribution in [0.1, 0.15) is 31.9 Å². The van der Waals surface area contributed by atoms with Crippen molar-refractivity contribution in [2.75, 3.05) is 13.2 Å². The number of hydrogen-bond donors (Lipinski definition) is 2. The number of hydrogen-bond acceptors (Lipinski definition) is 4. The minimum Gasteiger partial charge on any atom is -0.494 e. The Kier molecular flexibility index (Phi) is 7.17. The predicted octanol–water partition coefficient (Wildman–Crippen LogP) is 2.63. The monoisotopic (exact) mass is 376 g/mol. The molecule has 0 aliphatic rings. The average Bonchev–Trinajstić information content (AvgIpc) is 2.63. The first-order chi connectivity index (χ1) is 12.4. The molecule has 140 valence electrons. The number of sulfonamides is 1. The minimum absolute atomic E-state index is 0.0306. The second-order valence-electron chi connectivity index (χ2n) is 5.75. The lowest BCUT2D eigenvalue weighted by atomic mass is 10.1. The molecule has 0 saturated heterocycles. The number of benzene rings is 2. The Hall–Kier alpha value is -2.38. The highest BCUT2D eigenvalue weighted by Gasteiger charge is 2.15. The molecule has 26 heavy (non-hydrogen) atoms. The first-order valence-electron chi connectivity index (χ1n) is 8.49. The highest BCUT2D eigenvalue weighted by molar-refractivity contribution is 7.89. The second-order valence-corrected chi connectivity index (χ2v) is 7.52. The molecule has 0 heterocycles. The summed E-state index contributed by atoms with van der Waals surface area (Å²) in [7, 11) is -3.65. The lowest BCUT2D eigenvalue weighted by Crippen LogP contribution is -2.32. The molecular weight excluding hydrogens is 352 g/mol. The van der Waals surface area contributed by atoms with E-state index in [9.17, 15) is 13.2 Å². The minimum atomic E-state index is -3.65. The van der Waals surface area contributed by atoms with Gasteiger partial charge in [0.25, 0.3) is 0 Å². The first-order valence-corrected chi connectivity index (χ1v) is 9.97. The molecule has 1 amide bonds. The Morgan fingerprint density at radius 2 is 1.73 bits per heavy atom. The molecule has 2 N–H and O–H groups in total. The van der Waals surface area contributed by atoms with E-state index in [4.69, 9.17) is 4.74 Å². The lowest BCUT2D eigenvalue weighted by molar-refractivity contribution is -0.121. The zero-order chi connectivity index (χ0) is 19.0. The fourth-order valence-corrected chi connectivity index (χ4v) is 3.43. The summed E-state index contributed by atoms with van der Waals surface area (Å²) in [5, 5.41) is 2.85. The van der Waals surface area contributed by atoms with Crippen LogP contribution in [-0.4, -0.2) is 27.5 Å². The van der Waals surface area contributed by atoms with E-state index < -0.39 is 10.0 Å². The van der Waals surface area contributed by atoms with Crippen molar-refractivity contribution < 1.29 is 17.9 Å². The predicted molar refractivity (Wildman–Crippen MR) is 100 cm³/mol. The van der Waals surface area contributed by atoms with Crippen LogP contribution in [0.4, 0.5) is 0 Å². The van der Waals surface area contributed by atoms with Crippen LogP contribution < -0.4 is 14.8 Å². The quantitative estimate of drug-likeness (QED) is 0.705. The summed E-state index contributed by atoms with van der Waals surface area (Å²) in [6.07, 6.45) is 0.0629. The summed E-state index contributed by atoms with van der Waals surface area (Å²) in [5.41, 5.74) is 0.996. The van der Waals surface area contributed by atoms with E-state index in [0.717, 1.165) is 5.56 Å². The van der Waals surface area contributed by atoms with Crippen molar-refractivity contribution in [3.63, 3.8) is 0 Å². The number of ether oxygens (including phenoxy) is 1. The molecule has 2 aromatic rings. The molecule has 0 saturated carbocycles. The summed E-state index contributed by atoms with van der Waals surface area (Å²) in [4.78, 5) is 12.1. The molecule has 0 fully saturated rings. The van der Waals surface area contributed by atoms with Gasteiger partial charge in [0.1, 0.15) is 5.75 Å². The molecule has 2 aromatic carbocycles. The van der Waals surface area contributed by atoms with E-state index in [2.05, 4.69) is 10.0 Å². The van der Waals surface area contributed by atoms with Crippen LogP contribution >= 0.6 is 0 Å². The van der Waals surface area contributed by atoms with E-state index in [0.29, 0.717) is 12.4 Å². The largest absolute Gasteiger partial charge is 0.494 e. The topological polar surface area (TPSA) is 84.5 Å². The van der Waals surface area contributed by atoms with Crippen molar-refractivity contribution in [3.8, 4) is 5.75 Å². The second kappa shape index (κ2) is 9.35. The summed E-state index contributed by atoms with van der Waals surface area (Å²) in [6, 6.07) is 15.6. The molecule has 6 nitrogen and oxygen atoms in total. The number of amides is 1. The third kappa shape index (κ3) is 5.86. The zero-order valence-electron chi connectivity index (χ0n) is 14.9. The number of carbonyl (C=O) groups is 1. The van der Waals surface area contributed by atoms with Gasteiger partial charge in [0.2, 0.25) is 15.9 Å². The number of rotatable bonds is 9. The SMILES string of the molecule is CCOc1ccc(S(=O)(=O)NCCC(=O)NC(C)c2ccccc2)cc1. The van der Waals surface area contributed by atoms with Crippen LogP contribution in [0.5, 0.6) is 5.75 Å². The molecule has 1 unspecified atom stereocenters. The van der Waals surface area contributed by atoms with Gasteiger partial charge in [-0.1, -0.05) is 30.3 Å². The van der Waals surface area contributed by atoms with E-state index in [1.54, 1.807) is 12.1 Å². The third-order valence-electron chi connectivity index (χ3n) is 3.77. The normalized spacial score (nSPS) is 12.4. The van der Waals surface area contributed by atoms with Crippen LogP contribution in [0, 0.1) is 0 Å². The standard InChI is InChI=1S/C19H24N2O4S/c1-3-25-17-9-11-18(12-10-17)26(23,24)20-14-13-19(22)21-15(2)16-7-5-4-6-8-16/h4-12,15,20H,3,13-14H2,1-2H3,(H,21,22). The average molecular weight is 376 g/mol. The van der Waals surface area contributed by atoms with Crippen LogP contribution in [0.15, 0.2) is 59.5 Å². The summed E-state index contributed by atoms with van der Waals surface area (Å²) >= 11 is 0. The molecule has 2 rings (SSSR count). The maximum atomic E-state index is 12.2. The zero-order valence-corrected chi connectivity index (χ0v) is 15.8. The molecule has 0 aliphatic carbocycles.